The molecule has 5 rings (SSSR count). The van der Waals surface area contributed by atoms with Gasteiger partial charge in [-0.3, -0.25) is 0 Å². The van der Waals surface area contributed by atoms with E-state index in [4.69, 9.17) is 9.15 Å². The number of oxazole rings is 1. The molecular formula is C20H25NO2. The Kier molecular flexibility index (Phi) is 2.67. The Bertz CT molecular complexity index is 804. The predicted octanol–water partition coefficient (Wildman–Crippen LogP) is 5.17. The molecule has 1 fully saturated rings. The van der Waals surface area contributed by atoms with Crippen molar-refractivity contribution in [2.75, 3.05) is 0 Å². The summed E-state index contributed by atoms with van der Waals surface area (Å²) in [6.07, 6.45) is 7.14. The Morgan fingerprint density at radius 1 is 1.09 bits per heavy atom. The van der Waals surface area contributed by atoms with E-state index in [1.165, 1.54) is 36.8 Å². The monoisotopic (exact) mass is 311 g/mol. The molecule has 2 unspecified atom stereocenters. The van der Waals surface area contributed by atoms with Crippen molar-refractivity contribution in [3.63, 3.8) is 0 Å². The van der Waals surface area contributed by atoms with Crippen molar-refractivity contribution in [2.24, 2.45) is 0 Å². The van der Waals surface area contributed by atoms with Gasteiger partial charge in [0.25, 0.3) is 0 Å². The van der Waals surface area contributed by atoms with Crippen LogP contribution in [0.1, 0.15) is 86.5 Å². The SMILES string of the molecule is Cc1c2c3c(c4ocnc14)[C@@H](C)CCC3CC[C@H]2C1OC1(C)C. The molecular weight excluding hydrogens is 286 g/mol. The van der Waals surface area contributed by atoms with Gasteiger partial charge in [0.1, 0.15) is 5.52 Å². The van der Waals surface area contributed by atoms with Crippen LogP contribution in [-0.2, 0) is 4.74 Å². The van der Waals surface area contributed by atoms with Crippen LogP contribution in [0.15, 0.2) is 10.8 Å². The number of aromatic nitrogens is 1. The van der Waals surface area contributed by atoms with Gasteiger partial charge in [0.15, 0.2) is 12.0 Å². The molecule has 122 valence electrons. The van der Waals surface area contributed by atoms with E-state index >= 15 is 0 Å². The van der Waals surface area contributed by atoms with Crippen molar-refractivity contribution >= 4 is 11.1 Å². The molecule has 0 spiro atoms. The number of hydrogen-bond donors (Lipinski definition) is 0. The maximum absolute atomic E-state index is 6.06. The Morgan fingerprint density at radius 2 is 1.83 bits per heavy atom. The minimum atomic E-state index is 0.0376. The Hall–Kier alpha value is -1.35. The number of aryl methyl sites for hydroxylation is 1. The van der Waals surface area contributed by atoms with Crippen molar-refractivity contribution in [1.29, 1.82) is 0 Å². The second-order valence-electron chi connectivity index (χ2n) is 8.40. The van der Waals surface area contributed by atoms with E-state index in [1.807, 2.05) is 0 Å². The van der Waals surface area contributed by atoms with Crippen LogP contribution in [0.5, 0.6) is 0 Å². The molecule has 0 bridgehead atoms. The van der Waals surface area contributed by atoms with Gasteiger partial charge >= 0.3 is 0 Å². The number of fused-ring (bicyclic) bond motifs is 2. The second kappa shape index (κ2) is 4.38. The highest BCUT2D eigenvalue weighted by atomic mass is 16.6. The normalized spacial score (nSPS) is 34.4. The molecule has 1 saturated heterocycles. The molecule has 1 aromatic carbocycles. The lowest BCUT2D eigenvalue weighted by Crippen LogP contribution is -2.27. The standard InChI is InChI=1S/C20H25NO2/c1-10-5-6-12-7-8-13(19-20(3,4)23-19)15-11(2)17-18(22-9-21-17)14(10)16(12)15/h9-10,12-13,19H,5-8H2,1-4H3/t10-,12?,13+,19?/m0/s1. The zero-order valence-electron chi connectivity index (χ0n) is 14.5. The molecule has 0 N–H and O–H groups in total. The lowest BCUT2D eigenvalue weighted by molar-refractivity contribution is 0.298. The van der Waals surface area contributed by atoms with Crippen LogP contribution < -0.4 is 0 Å². The van der Waals surface area contributed by atoms with E-state index in [1.54, 1.807) is 17.5 Å². The average Bonchev–Trinajstić information content (AvgIpc) is 2.95. The largest absolute Gasteiger partial charge is 0.443 e. The molecule has 3 heteroatoms. The van der Waals surface area contributed by atoms with Gasteiger partial charge in [0.2, 0.25) is 0 Å². The van der Waals surface area contributed by atoms with Gasteiger partial charge in [-0.1, -0.05) is 6.92 Å². The zero-order valence-corrected chi connectivity index (χ0v) is 14.5. The van der Waals surface area contributed by atoms with Crippen LogP contribution in [0.2, 0.25) is 0 Å². The zero-order chi connectivity index (χ0) is 15.9. The van der Waals surface area contributed by atoms with E-state index in [-0.39, 0.29) is 5.60 Å². The van der Waals surface area contributed by atoms with Crippen molar-refractivity contribution < 1.29 is 9.15 Å². The number of rotatable bonds is 1. The topological polar surface area (TPSA) is 38.6 Å². The van der Waals surface area contributed by atoms with Crippen molar-refractivity contribution in [2.45, 2.75) is 82.8 Å². The molecule has 23 heavy (non-hydrogen) atoms. The van der Waals surface area contributed by atoms with Crippen LogP contribution >= 0.6 is 0 Å². The number of hydrogen-bond acceptors (Lipinski definition) is 3. The van der Waals surface area contributed by atoms with Gasteiger partial charge in [-0.25, -0.2) is 4.98 Å². The van der Waals surface area contributed by atoms with E-state index in [0.29, 0.717) is 23.9 Å². The fraction of sp³-hybridized carbons (Fsp3) is 0.650. The lowest BCUT2D eigenvalue weighted by atomic mass is 9.64. The summed E-state index contributed by atoms with van der Waals surface area (Å²) in [5.74, 6) is 1.81. The van der Waals surface area contributed by atoms with E-state index in [2.05, 4.69) is 32.7 Å². The van der Waals surface area contributed by atoms with Crippen LogP contribution in [-0.4, -0.2) is 16.7 Å². The van der Waals surface area contributed by atoms with Crippen LogP contribution in [0, 0.1) is 6.92 Å². The fourth-order valence-electron chi connectivity index (χ4n) is 5.42. The summed E-state index contributed by atoms with van der Waals surface area (Å²) in [7, 11) is 0. The smallest absolute Gasteiger partial charge is 0.182 e. The summed E-state index contributed by atoms with van der Waals surface area (Å²) in [5.41, 5.74) is 8.12. The Morgan fingerprint density at radius 3 is 2.57 bits per heavy atom. The van der Waals surface area contributed by atoms with Gasteiger partial charge in [0, 0.05) is 11.5 Å². The van der Waals surface area contributed by atoms with Crippen LogP contribution in [0.25, 0.3) is 11.1 Å². The van der Waals surface area contributed by atoms with Crippen LogP contribution in [0.3, 0.4) is 0 Å². The Balaban J connectivity index is 1.81. The van der Waals surface area contributed by atoms with Crippen molar-refractivity contribution in [3.8, 4) is 0 Å². The summed E-state index contributed by atoms with van der Waals surface area (Å²) in [4.78, 5) is 4.56. The number of ether oxygens (including phenoxy) is 1. The third-order valence-corrected chi connectivity index (χ3v) is 6.62. The highest BCUT2D eigenvalue weighted by molar-refractivity contribution is 5.84. The average molecular weight is 311 g/mol. The number of benzene rings is 1. The van der Waals surface area contributed by atoms with Crippen molar-refractivity contribution in [3.05, 3.63) is 28.6 Å². The molecule has 0 radical (unpaired) electrons. The van der Waals surface area contributed by atoms with Gasteiger partial charge < -0.3 is 9.15 Å². The van der Waals surface area contributed by atoms with E-state index in [9.17, 15) is 0 Å². The van der Waals surface area contributed by atoms with E-state index < -0.39 is 0 Å². The number of epoxide rings is 1. The molecule has 1 aliphatic heterocycles. The molecule has 0 amide bonds. The minimum absolute atomic E-state index is 0.0376. The summed E-state index contributed by atoms with van der Waals surface area (Å²) in [6, 6.07) is 0. The summed E-state index contributed by atoms with van der Waals surface area (Å²) < 4.78 is 11.9. The van der Waals surface area contributed by atoms with E-state index in [0.717, 1.165) is 11.1 Å². The maximum atomic E-state index is 6.06. The molecule has 3 nitrogen and oxygen atoms in total. The maximum Gasteiger partial charge on any atom is 0.182 e. The molecule has 0 saturated carbocycles. The summed E-state index contributed by atoms with van der Waals surface area (Å²) in [5, 5.41) is 0. The first-order chi connectivity index (χ1) is 11.0. The number of nitrogens with zero attached hydrogens (tertiary/aromatic N) is 1. The predicted molar refractivity (Wildman–Crippen MR) is 90.1 cm³/mol. The summed E-state index contributed by atoms with van der Waals surface area (Å²) in [6.45, 7) is 9.04. The summed E-state index contributed by atoms with van der Waals surface area (Å²) >= 11 is 0. The first-order valence-corrected chi connectivity index (χ1v) is 9.06. The quantitative estimate of drug-likeness (QED) is 0.682. The molecule has 2 heterocycles. The Labute approximate surface area is 137 Å². The molecule has 1 aromatic heterocycles. The van der Waals surface area contributed by atoms with Crippen LogP contribution in [0.4, 0.5) is 0 Å². The molecule has 4 atom stereocenters. The minimum Gasteiger partial charge on any atom is -0.443 e. The third-order valence-electron chi connectivity index (χ3n) is 6.62. The highest BCUT2D eigenvalue weighted by Crippen LogP contribution is 2.57. The third kappa shape index (κ3) is 1.77. The molecule has 2 aliphatic carbocycles. The highest BCUT2D eigenvalue weighted by Gasteiger charge is 2.55. The van der Waals surface area contributed by atoms with Gasteiger partial charge in [-0.2, -0.15) is 0 Å². The van der Waals surface area contributed by atoms with Gasteiger partial charge in [0.05, 0.1) is 11.7 Å². The van der Waals surface area contributed by atoms with Crippen molar-refractivity contribution in [1.82, 2.24) is 4.98 Å². The first-order valence-electron chi connectivity index (χ1n) is 9.06. The van der Waals surface area contributed by atoms with Gasteiger partial charge in [-0.05, 0) is 75.0 Å². The fourth-order valence-corrected chi connectivity index (χ4v) is 5.42. The second-order valence-corrected chi connectivity index (χ2v) is 8.40. The van der Waals surface area contributed by atoms with Gasteiger partial charge in [-0.15, -0.1) is 0 Å². The first kappa shape index (κ1) is 14.0. The molecule has 2 aromatic rings. The lowest BCUT2D eigenvalue weighted by Gasteiger charge is -2.39. The molecule has 3 aliphatic rings.